The third kappa shape index (κ3) is 2.78. The minimum absolute atomic E-state index is 0.0871. The number of carbonyl (C=O) groups is 1. The number of hydrogen-bond donors (Lipinski definition) is 1. The second kappa shape index (κ2) is 5.94. The Kier molecular flexibility index (Phi) is 3.76. The summed E-state index contributed by atoms with van der Waals surface area (Å²) in [5.74, 6) is 0.960. The van der Waals surface area contributed by atoms with Crippen molar-refractivity contribution in [1.29, 1.82) is 0 Å². The van der Waals surface area contributed by atoms with E-state index < -0.39 is 0 Å². The van der Waals surface area contributed by atoms with Crippen LogP contribution in [0.2, 0.25) is 0 Å². The second-order valence-corrected chi connectivity index (χ2v) is 6.74. The van der Waals surface area contributed by atoms with Gasteiger partial charge in [-0.15, -0.1) is 0 Å². The van der Waals surface area contributed by atoms with Crippen LogP contribution in [-0.2, 0) is 11.8 Å². The summed E-state index contributed by atoms with van der Waals surface area (Å²) < 4.78 is 7.99. The van der Waals surface area contributed by atoms with E-state index in [0.717, 1.165) is 30.9 Å². The van der Waals surface area contributed by atoms with E-state index in [1.807, 2.05) is 53.0 Å². The van der Waals surface area contributed by atoms with Gasteiger partial charge >= 0.3 is 0 Å². The number of aromatic nitrogens is 2. The van der Waals surface area contributed by atoms with Crippen molar-refractivity contribution in [3.05, 3.63) is 48.4 Å². The quantitative estimate of drug-likeness (QED) is 0.936. The zero-order chi connectivity index (χ0) is 16.6. The lowest BCUT2D eigenvalue weighted by Crippen LogP contribution is -2.36. The molecule has 2 aromatic heterocycles. The first kappa shape index (κ1) is 15.2. The lowest BCUT2D eigenvalue weighted by atomic mass is 9.97. The molecule has 2 atom stereocenters. The zero-order valence-corrected chi connectivity index (χ0v) is 13.8. The number of hydrogen-bond acceptors (Lipinski definition) is 4. The number of ether oxygens (including phenoxy) is 1. The molecule has 1 N–H and O–H groups in total. The Hall–Kier alpha value is -2.34. The van der Waals surface area contributed by atoms with E-state index in [4.69, 9.17) is 4.74 Å². The Morgan fingerprint density at radius 3 is 3.04 bits per heavy atom. The molecule has 126 valence electrons. The van der Waals surface area contributed by atoms with Crippen LogP contribution >= 0.6 is 0 Å². The molecule has 2 aliphatic rings. The number of anilines is 1. The van der Waals surface area contributed by atoms with E-state index in [0.29, 0.717) is 13.2 Å². The van der Waals surface area contributed by atoms with Gasteiger partial charge in [0.1, 0.15) is 11.5 Å². The highest BCUT2D eigenvalue weighted by Gasteiger charge is 2.47. The molecule has 2 aromatic rings. The van der Waals surface area contributed by atoms with Gasteiger partial charge < -0.3 is 19.5 Å². The zero-order valence-electron chi connectivity index (χ0n) is 13.8. The van der Waals surface area contributed by atoms with Gasteiger partial charge in [0, 0.05) is 32.4 Å². The van der Waals surface area contributed by atoms with E-state index in [2.05, 4.69) is 10.3 Å². The summed E-state index contributed by atoms with van der Waals surface area (Å²) >= 11 is 0. The second-order valence-electron chi connectivity index (χ2n) is 6.74. The highest BCUT2D eigenvalue weighted by Crippen LogP contribution is 2.36. The highest BCUT2D eigenvalue weighted by atomic mass is 16.5. The number of aryl methyl sites for hydroxylation is 1. The monoisotopic (exact) mass is 326 g/mol. The fourth-order valence-electron chi connectivity index (χ4n) is 3.74. The van der Waals surface area contributed by atoms with Gasteiger partial charge in [-0.25, -0.2) is 4.98 Å². The largest absolute Gasteiger partial charge is 0.371 e. The van der Waals surface area contributed by atoms with Crippen LogP contribution in [0.1, 0.15) is 23.3 Å². The number of rotatable bonds is 3. The van der Waals surface area contributed by atoms with Gasteiger partial charge in [0.25, 0.3) is 5.91 Å². The standard InChI is InChI=1S/C18H22N4O2/c1-21-9-4-5-15(21)17(23)22-10-7-18(13-22)11-14(12-24-18)20-16-6-2-3-8-19-16/h2-6,8-9,14H,7,10-13H2,1H3,(H,19,20)/t14-,18+/m1/s1. The highest BCUT2D eigenvalue weighted by molar-refractivity contribution is 5.93. The predicted octanol–water partition coefficient (Wildman–Crippen LogP) is 1.91. The van der Waals surface area contributed by atoms with Crippen LogP contribution in [0.4, 0.5) is 5.82 Å². The van der Waals surface area contributed by atoms with Crippen molar-refractivity contribution in [1.82, 2.24) is 14.5 Å². The van der Waals surface area contributed by atoms with Crippen LogP contribution in [0.5, 0.6) is 0 Å². The van der Waals surface area contributed by atoms with Crippen molar-refractivity contribution >= 4 is 11.7 Å². The molecule has 0 radical (unpaired) electrons. The van der Waals surface area contributed by atoms with Crippen molar-refractivity contribution in [2.45, 2.75) is 24.5 Å². The normalized spacial score (nSPS) is 26.2. The topological polar surface area (TPSA) is 59.4 Å². The minimum Gasteiger partial charge on any atom is -0.371 e. The fourth-order valence-corrected chi connectivity index (χ4v) is 3.74. The first-order chi connectivity index (χ1) is 11.7. The average molecular weight is 326 g/mol. The summed E-state index contributed by atoms with van der Waals surface area (Å²) in [6, 6.07) is 9.85. The number of nitrogens with zero attached hydrogens (tertiary/aromatic N) is 3. The molecule has 4 rings (SSSR count). The molecule has 6 nitrogen and oxygen atoms in total. The molecule has 1 amide bonds. The molecule has 0 aliphatic carbocycles. The Balaban J connectivity index is 1.40. The Labute approximate surface area is 141 Å². The first-order valence-corrected chi connectivity index (χ1v) is 8.37. The van der Waals surface area contributed by atoms with Gasteiger partial charge in [-0.1, -0.05) is 6.07 Å². The van der Waals surface area contributed by atoms with Crippen LogP contribution in [0.15, 0.2) is 42.7 Å². The Morgan fingerprint density at radius 2 is 2.29 bits per heavy atom. The SMILES string of the molecule is Cn1cccc1C(=O)N1CC[C@]2(C[C@@H](Nc3ccccn3)CO2)C1. The number of likely N-dealkylation sites (tertiary alicyclic amines) is 1. The molecule has 0 unspecified atom stereocenters. The van der Waals surface area contributed by atoms with Crippen molar-refractivity contribution in [3.63, 3.8) is 0 Å². The molecule has 6 heteroatoms. The molecule has 4 heterocycles. The summed E-state index contributed by atoms with van der Waals surface area (Å²) in [6.07, 6.45) is 5.48. The third-order valence-electron chi connectivity index (χ3n) is 4.99. The van der Waals surface area contributed by atoms with Crippen LogP contribution in [-0.4, -0.2) is 51.7 Å². The fraction of sp³-hybridized carbons (Fsp3) is 0.444. The Morgan fingerprint density at radius 1 is 1.38 bits per heavy atom. The van der Waals surface area contributed by atoms with Crippen molar-refractivity contribution in [3.8, 4) is 0 Å². The molecule has 2 aliphatic heterocycles. The molecule has 0 aromatic carbocycles. The van der Waals surface area contributed by atoms with E-state index in [1.54, 1.807) is 6.20 Å². The molecule has 0 saturated carbocycles. The van der Waals surface area contributed by atoms with E-state index >= 15 is 0 Å². The van der Waals surface area contributed by atoms with Crippen LogP contribution in [0.25, 0.3) is 0 Å². The maximum Gasteiger partial charge on any atom is 0.270 e. The van der Waals surface area contributed by atoms with Gasteiger partial charge in [-0.3, -0.25) is 4.79 Å². The minimum atomic E-state index is -0.215. The summed E-state index contributed by atoms with van der Waals surface area (Å²) in [5.41, 5.74) is 0.515. The molecule has 2 fully saturated rings. The smallest absolute Gasteiger partial charge is 0.270 e. The molecule has 0 bridgehead atoms. The molecular weight excluding hydrogens is 304 g/mol. The Bertz CT molecular complexity index is 730. The van der Waals surface area contributed by atoms with E-state index in [1.165, 1.54) is 0 Å². The average Bonchev–Trinajstić information content (AvgIpc) is 3.30. The van der Waals surface area contributed by atoms with E-state index in [-0.39, 0.29) is 17.6 Å². The van der Waals surface area contributed by atoms with Gasteiger partial charge in [0.2, 0.25) is 0 Å². The van der Waals surface area contributed by atoms with Gasteiger partial charge in [-0.2, -0.15) is 0 Å². The van der Waals surface area contributed by atoms with Gasteiger partial charge in [0.05, 0.1) is 24.8 Å². The maximum absolute atomic E-state index is 12.7. The first-order valence-electron chi connectivity index (χ1n) is 8.37. The molecule has 24 heavy (non-hydrogen) atoms. The van der Waals surface area contributed by atoms with E-state index in [9.17, 15) is 4.79 Å². The number of carbonyl (C=O) groups excluding carboxylic acids is 1. The summed E-state index contributed by atoms with van der Waals surface area (Å²) in [4.78, 5) is 18.9. The van der Waals surface area contributed by atoms with Crippen molar-refractivity contribution in [2.24, 2.45) is 7.05 Å². The number of nitrogens with one attached hydrogen (secondary N) is 1. The number of pyridine rings is 1. The van der Waals surface area contributed by atoms with Crippen molar-refractivity contribution < 1.29 is 9.53 Å². The van der Waals surface area contributed by atoms with Crippen LogP contribution in [0.3, 0.4) is 0 Å². The maximum atomic E-state index is 12.7. The lowest BCUT2D eigenvalue weighted by molar-refractivity contribution is 0.0124. The third-order valence-corrected chi connectivity index (χ3v) is 4.99. The van der Waals surface area contributed by atoms with Crippen LogP contribution in [0, 0.1) is 0 Å². The number of amides is 1. The van der Waals surface area contributed by atoms with Gasteiger partial charge in [-0.05, 0) is 30.7 Å². The molecular formula is C18H22N4O2. The van der Waals surface area contributed by atoms with Crippen molar-refractivity contribution in [2.75, 3.05) is 25.0 Å². The summed E-state index contributed by atoms with van der Waals surface area (Å²) in [5, 5.41) is 3.43. The summed E-state index contributed by atoms with van der Waals surface area (Å²) in [6.45, 7) is 2.07. The van der Waals surface area contributed by atoms with Crippen LogP contribution < -0.4 is 5.32 Å². The molecule has 1 spiro atoms. The van der Waals surface area contributed by atoms with Gasteiger partial charge in [0.15, 0.2) is 0 Å². The molecule has 2 saturated heterocycles. The predicted molar refractivity (Wildman–Crippen MR) is 90.9 cm³/mol. The lowest BCUT2D eigenvalue weighted by Gasteiger charge is -2.23. The summed E-state index contributed by atoms with van der Waals surface area (Å²) in [7, 11) is 1.90.